The molecule has 0 saturated carbocycles. The van der Waals surface area contributed by atoms with E-state index in [1.807, 2.05) is 19.9 Å². The van der Waals surface area contributed by atoms with Crippen LogP contribution < -0.4 is 10.2 Å². The lowest BCUT2D eigenvalue weighted by molar-refractivity contribution is 0.244. The fraction of sp³-hybridized carbons (Fsp3) is 0.417. The van der Waals surface area contributed by atoms with Gasteiger partial charge in [-0.1, -0.05) is 12.1 Å². The first-order chi connectivity index (χ1) is 7.59. The van der Waals surface area contributed by atoms with E-state index in [1.54, 1.807) is 6.07 Å². The summed E-state index contributed by atoms with van der Waals surface area (Å²) in [6.45, 7) is 4.32. The number of anilines is 1. The van der Waals surface area contributed by atoms with Crippen LogP contribution in [0, 0.1) is 5.82 Å². The van der Waals surface area contributed by atoms with Crippen LogP contribution in [0.4, 0.5) is 14.9 Å². The quantitative estimate of drug-likeness (QED) is 0.777. The molecule has 0 radical (unpaired) electrons. The Kier molecular flexibility index (Phi) is 2.81. The molecule has 1 heterocycles. The molecule has 86 valence electrons. The summed E-state index contributed by atoms with van der Waals surface area (Å²) in [4.78, 5) is 13.3. The van der Waals surface area contributed by atoms with E-state index < -0.39 is 0 Å². The summed E-state index contributed by atoms with van der Waals surface area (Å²) >= 11 is 0. The molecule has 1 N–H and O–H groups in total. The minimum atomic E-state index is -0.325. The van der Waals surface area contributed by atoms with Crippen molar-refractivity contribution in [2.45, 2.75) is 26.3 Å². The number of fused-ring (bicyclic) bond motifs is 1. The van der Waals surface area contributed by atoms with Crippen molar-refractivity contribution in [3.63, 3.8) is 0 Å². The van der Waals surface area contributed by atoms with Crippen molar-refractivity contribution in [1.82, 2.24) is 5.32 Å². The Morgan fingerprint density at radius 1 is 1.50 bits per heavy atom. The minimum Gasteiger partial charge on any atom is -0.336 e. The van der Waals surface area contributed by atoms with E-state index in [0.717, 1.165) is 12.0 Å². The van der Waals surface area contributed by atoms with Crippen molar-refractivity contribution in [3.8, 4) is 0 Å². The number of para-hydroxylation sites is 1. The van der Waals surface area contributed by atoms with E-state index in [2.05, 4.69) is 5.32 Å². The van der Waals surface area contributed by atoms with E-state index in [4.69, 9.17) is 0 Å². The number of halogens is 1. The van der Waals surface area contributed by atoms with Crippen molar-refractivity contribution < 1.29 is 9.18 Å². The molecule has 1 aliphatic heterocycles. The Bertz CT molecular complexity index is 417. The molecule has 3 nitrogen and oxygen atoms in total. The summed E-state index contributed by atoms with van der Waals surface area (Å²) in [5.41, 5.74) is 1.33. The molecule has 1 aliphatic rings. The fourth-order valence-corrected chi connectivity index (χ4v) is 1.94. The fourth-order valence-electron chi connectivity index (χ4n) is 1.94. The number of rotatable bonds is 1. The zero-order chi connectivity index (χ0) is 11.7. The number of hydrogen-bond acceptors (Lipinski definition) is 1. The number of nitrogens with one attached hydrogen (secondary N) is 1. The predicted molar refractivity (Wildman–Crippen MR) is 61.1 cm³/mol. The SMILES string of the molecule is CC(C)NC(=O)N1CCc2cccc(F)c21. The lowest BCUT2D eigenvalue weighted by Gasteiger charge is -2.20. The molecule has 0 aromatic heterocycles. The van der Waals surface area contributed by atoms with Crippen LogP contribution in [0.15, 0.2) is 18.2 Å². The normalized spacial score (nSPS) is 14.1. The average Bonchev–Trinajstić information content (AvgIpc) is 2.61. The van der Waals surface area contributed by atoms with Crippen LogP contribution >= 0.6 is 0 Å². The monoisotopic (exact) mass is 222 g/mol. The highest BCUT2D eigenvalue weighted by atomic mass is 19.1. The van der Waals surface area contributed by atoms with Crippen LogP contribution in [0.25, 0.3) is 0 Å². The van der Waals surface area contributed by atoms with E-state index in [1.165, 1.54) is 11.0 Å². The molecule has 0 aliphatic carbocycles. The van der Waals surface area contributed by atoms with Gasteiger partial charge in [0.1, 0.15) is 5.82 Å². The number of carbonyl (C=O) groups excluding carboxylic acids is 1. The smallest absolute Gasteiger partial charge is 0.322 e. The van der Waals surface area contributed by atoms with Crippen molar-refractivity contribution in [1.29, 1.82) is 0 Å². The maximum Gasteiger partial charge on any atom is 0.322 e. The summed E-state index contributed by atoms with van der Waals surface area (Å²) in [7, 11) is 0. The summed E-state index contributed by atoms with van der Waals surface area (Å²) in [5, 5.41) is 2.77. The molecule has 0 unspecified atom stereocenters. The third kappa shape index (κ3) is 1.87. The lowest BCUT2D eigenvalue weighted by atomic mass is 10.1. The zero-order valence-electron chi connectivity index (χ0n) is 9.46. The van der Waals surface area contributed by atoms with Crippen molar-refractivity contribution >= 4 is 11.7 Å². The number of benzene rings is 1. The van der Waals surface area contributed by atoms with Gasteiger partial charge in [0, 0.05) is 12.6 Å². The third-order valence-electron chi connectivity index (χ3n) is 2.60. The van der Waals surface area contributed by atoms with E-state index >= 15 is 0 Å². The van der Waals surface area contributed by atoms with Crippen molar-refractivity contribution in [2.24, 2.45) is 0 Å². The highest BCUT2D eigenvalue weighted by Gasteiger charge is 2.27. The first-order valence-corrected chi connectivity index (χ1v) is 5.45. The van der Waals surface area contributed by atoms with Gasteiger partial charge in [-0.3, -0.25) is 4.90 Å². The molecule has 0 fully saturated rings. The molecular weight excluding hydrogens is 207 g/mol. The number of hydrogen-bond donors (Lipinski definition) is 1. The van der Waals surface area contributed by atoms with E-state index in [-0.39, 0.29) is 17.9 Å². The second kappa shape index (κ2) is 4.12. The highest BCUT2D eigenvalue weighted by molar-refractivity contribution is 5.94. The van der Waals surface area contributed by atoms with Crippen LogP contribution in [0.5, 0.6) is 0 Å². The predicted octanol–water partition coefficient (Wildman–Crippen LogP) is 2.31. The topological polar surface area (TPSA) is 32.3 Å². The molecule has 2 rings (SSSR count). The minimum absolute atomic E-state index is 0.0586. The number of urea groups is 1. The molecule has 0 saturated heterocycles. The molecular formula is C12H15FN2O. The summed E-state index contributed by atoms with van der Waals surface area (Å²) in [6, 6.07) is 4.76. The van der Waals surface area contributed by atoms with Gasteiger partial charge in [0.2, 0.25) is 0 Å². The van der Waals surface area contributed by atoms with Gasteiger partial charge in [0.05, 0.1) is 5.69 Å². The van der Waals surface area contributed by atoms with Crippen LogP contribution in [0.3, 0.4) is 0 Å². The molecule has 16 heavy (non-hydrogen) atoms. The summed E-state index contributed by atoms with van der Waals surface area (Å²) < 4.78 is 13.6. The van der Waals surface area contributed by atoms with E-state index in [0.29, 0.717) is 12.2 Å². The second-order valence-corrected chi connectivity index (χ2v) is 4.25. The summed E-state index contributed by atoms with van der Waals surface area (Å²) in [6.07, 6.45) is 0.721. The van der Waals surface area contributed by atoms with Gasteiger partial charge in [-0.2, -0.15) is 0 Å². The van der Waals surface area contributed by atoms with E-state index in [9.17, 15) is 9.18 Å². The number of carbonyl (C=O) groups is 1. The van der Waals surface area contributed by atoms with Crippen LogP contribution in [0.1, 0.15) is 19.4 Å². The first kappa shape index (κ1) is 10.9. The number of amides is 2. The van der Waals surface area contributed by atoms with Gasteiger partial charge >= 0.3 is 6.03 Å². The first-order valence-electron chi connectivity index (χ1n) is 5.45. The molecule has 1 aromatic carbocycles. The Balaban J connectivity index is 2.26. The average molecular weight is 222 g/mol. The van der Waals surface area contributed by atoms with Crippen LogP contribution in [-0.2, 0) is 6.42 Å². The molecule has 0 spiro atoms. The van der Waals surface area contributed by atoms with Gasteiger partial charge in [-0.25, -0.2) is 9.18 Å². The molecule has 4 heteroatoms. The lowest BCUT2D eigenvalue weighted by Crippen LogP contribution is -2.42. The Labute approximate surface area is 94.3 Å². The van der Waals surface area contributed by atoms with Gasteiger partial charge in [-0.15, -0.1) is 0 Å². The highest BCUT2D eigenvalue weighted by Crippen LogP contribution is 2.30. The molecule has 0 atom stereocenters. The van der Waals surface area contributed by atoms with Gasteiger partial charge in [-0.05, 0) is 31.9 Å². The Morgan fingerprint density at radius 2 is 2.25 bits per heavy atom. The summed E-state index contributed by atoms with van der Waals surface area (Å²) in [5.74, 6) is -0.325. The molecule has 1 aromatic rings. The van der Waals surface area contributed by atoms with Gasteiger partial charge in [0.25, 0.3) is 0 Å². The Morgan fingerprint density at radius 3 is 2.94 bits per heavy atom. The number of nitrogens with zero attached hydrogens (tertiary/aromatic N) is 1. The third-order valence-corrected chi connectivity index (χ3v) is 2.60. The van der Waals surface area contributed by atoms with Crippen molar-refractivity contribution in [3.05, 3.63) is 29.6 Å². The molecule has 2 amide bonds. The van der Waals surface area contributed by atoms with Crippen molar-refractivity contribution in [2.75, 3.05) is 11.4 Å². The largest absolute Gasteiger partial charge is 0.336 e. The second-order valence-electron chi connectivity index (χ2n) is 4.25. The van der Waals surface area contributed by atoms with Crippen LogP contribution in [0.2, 0.25) is 0 Å². The Hall–Kier alpha value is -1.58. The van der Waals surface area contributed by atoms with Gasteiger partial charge < -0.3 is 5.32 Å². The maximum atomic E-state index is 13.6. The molecule has 0 bridgehead atoms. The van der Waals surface area contributed by atoms with Crippen LogP contribution in [-0.4, -0.2) is 18.6 Å². The van der Waals surface area contributed by atoms with Gasteiger partial charge in [0.15, 0.2) is 0 Å². The zero-order valence-corrected chi connectivity index (χ0v) is 9.46. The maximum absolute atomic E-state index is 13.6. The standard InChI is InChI=1S/C12H15FN2O/c1-8(2)14-12(16)15-7-6-9-4-3-5-10(13)11(9)15/h3-5,8H,6-7H2,1-2H3,(H,14,16).